The SMILES string of the molecule is CCCCCCCCCCCCCCCCC(CC)C(CC)(CC)OC(C)=O. The smallest absolute Gasteiger partial charge is 0.303 e. The van der Waals surface area contributed by atoms with Crippen molar-refractivity contribution in [2.24, 2.45) is 5.92 Å². The summed E-state index contributed by atoms with van der Waals surface area (Å²) in [5.74, 6) is 0.381. The summed E-state index contributed by atoms with van der Waals surface area (Å²) in [4.78, 5) is 11.6. The lowest BCUT2D eigenvalue weighted by molar-refractivity contribution is -0.165. The summed E-state index contributed by atoms with van der Waals surface area (Å²) >= 11 is 0. The molecule has 28 heavy (non-hydrogen) atoms. The first kappa shape index (κ1) is 27.5. The van der Waals surface area contributed by atoms with Gasteiger partial charge in [0.2, 0.25) is 0 Å². The predicted molar refractivity (Wildman–Crippen MR) is 124 cm³/mol. The lowest BCUT2D eigenvalue weighted by Crippen LogP contribution is -2.41. The third kappa shape index (κ3) is 12.8. The molecule has 0 saturated carbocycles. The van der Waals surface area contributed by atoms with E-state index in [0.717, 1.165) is 19.3 Å². The molecule has 0 aromatic heterocycles. The van der Waals surface area contributed by atoms with Crippen LogP contribution in [0.15, 0.2) is 0 Å². The summed E-state index contributed by atoms with van der Waals surface area (Å²) in [7, 11) is 0. The quantitative estimate of drug-likeness (QED) is 0.151. The largest absolute Gasteiger partial charge is 0.459 e. The zero-order valence-corrected chi connectivity index (χ0v) is 20.1. The Kier molecular flexibility index (Phi) is 18.1. The van der Waals surface area contributed by atoms with Crippen LogP contribution in [0, 0.1) is 5.92 Å². The van der Waals surface area contributed by atoms with Crippen molar-refractivity contribution in [3.05, 3.63) is 0 Å². The highest BCUT2D eigenvalue weighted by Gasteiger charge is 2.37. The highest BCUT2D eigenvalue weighted by Crippen LogP contribution is 2.36. The molecule has 0 spiro atoms. The van der Waals surface area contributed by atoms with E-state index in [4.69, 9.17) is 4.74 Å². The van der Waals surface area contributed by atoms with Crippen LogP contribution >= 0.6 is 0 Å². The summed E-state index contributed by atoms with van der Waals surface area (Å²) in [6.07, 6.45) is 23.8. The molecule has 0 rings (SSSR count). The van der Waals surface area contributed by atoms with Gasteiger partial charge in [-0.1, -0.05) is 118 Å². The fraction of sp³-hybridized carbons (Fsp3) is 0.962. The monoisotopic (exact) mass is 396 g/mol. The molecule has 0 amide bonds. The first-order valence-electron chi connectivity index (χ1n) is 12.8. The maximum absolute atomic E-state index is 11.6. The Balaban J connectivity index is 3.73. The Morgan fingerprint density at radius 1 is 0.679 bits per heavy atom. The third-order valence-corrected chi connectivity index (χ3v) is 6.69. The van der Waals surface area contributed by atoms with E-state index in [1.54, 1.807) is 6.92 Å². The molecule has 0 fully saturated rings. The second-order valence-electron chi connectivity index (χ2n) is 8.86. The highest BCUT2D eigenvalue weighted by molar-refractivity contribution is 5.66. The van der Waals surface area contributed by atoms with Crippen LogP contribution in [0.5, 0.6) is 0 Å². The molecule has 0 N–H and O–H groups in total. The van der Waals surface area contributed by atoms with E-state index in [1.807, 2.05) is 0 Å². The van der Waals surface area contributed by atoms with Gasteiger partial charge in [-0.3, -0.25) is 4.79 Å². The van der Waals surface area contributed by atoms with Crippen LogP contribution in [0.1, 0.15) is 150 Å². The zero-order chi connectivity index (χ0) is 21.1. The number of unbranched alkanes of at least 4 members (excludes halogenated alkanes) is 13. The molecule has 0 aliphatic rings. The average molecular weight is 397 g/mol. The summed E-state index contributed by atoms with van der Waals surface area (Å²) in [6.45, 7) is 10.4. The molecular weight excluding hydrogens is 344 g/mol. The molecular formula is C26H52O2. The number of hydrogen-bond acceptors (Lipinski definition) is 2. The molecule has 0 aromatic rings. The van der Waals surface area contributed by atoms with Crippen molar-refractivity contribution >= 4 is 5.97 Å². The Bertz CT molecular complexity index is 346. The molecule has 1 unspecified atom stereocenters. The summed E-state index contributed by atoms with van der Waals surface area (Å²) in [5.41, 5.74) is -0.239. The Labute approximate surface area is 177 Å². The van der Waals surface area contributed by atoms with E-state index in [-0.39, 0.29) is 11.6 Å². The van der Waals surface area contributed by atoms with Crippen LogP contribution < -0.4 is 0 Å². The molecule has 0 bridgehead atoms. The molecule has 168 valence electrons. The van der Waals surface area contributed by atoms with Crippen LogP contribution in [0.2, 0.25) is 0 Å². The molecule has 0 aromatic carbocycles. The summed E-state index contributed by atoms with van der Waals surface area (Å²) in [6, 6.07) is 0. The molecule has 0 saturated heterocycles. The molecule has 2 nitrogen and oxygen atoms in total. The minimum Gasteiger partial charge on any atom is -0.459 e. The Hall–Kier alpha value is -0.530. The summed E-state index contributed by atoms with van der Waals surface area (Å²) in [5, 5.41) is 0. The second kappa shape index (κ2) is 18.5. The van der Waals surface area contributed by atoms with Crippen LogP contribution in [0.3, 0.4) is 0 Å². The second-order valence-corrected chi connectivity index (χ2v) is 8.86. The van der Waals surface area contributed by atoms with Gasteiger partial charge in [0.05, 0.1) is 0 Å². The van der Waals surface area contributed by atoms with Crippen molar-refractivity contribution in [2.45, 2.75) is 156 Å². The fourth-order valence-corrected chi connectivity index (χ4v) is 4.77. The number of esters is 1. The standard InChI is InChI=1S/C26H52O2/c1-6-10-11-12-13-14-15-16-17-18-19-20-21-22-23-25(7-2)26(8-3,9-4)28-24(5)27/h25H,6-23H2,1-5H3. The van der Waals surface area contributed by atoms with Crippen molar-refractivity contribution in [1.29, 1.82) is 0 Å². The predicted octanol–water partition coefficient (Wildman–Crippen LogP) is 9.01. The number of carbonyl (C=O) groups is 1. The van der Waals surface area contributed by atoms with Crippen LogP contribution in [-0.4, -0.2) is 11.6 Å². The van der Waals surface area contributed by atoms with E-state index < -0.39 is 0 Å². The van der Waals surface area contributed by atoms with Gasteiger partial charge in [0.25, 0.3) is 0 Å². The first-order valence-corrected chi connectivity index (χ1v) is 12.8. The topological polar surface area (TPSA) is 26.3 Å². The number of carbonyl (C=O) groups excluding carboxylic acids is 1. The van der Waals surface area contributed by atoms with Gasteiger partial charge in [-0.2, -0.15) is 0 Å². The zero-order valence-electron chi connectivity index (χ0n) is 20.1. The number of hydrogen-bond donors (Lipinski definition) is 0. The van der Waals surface area contributed by atoms with E-state index in [2.05, 4.69) is 27.7 Å². The van der Waals surface area contributed by atoms with Crippen LogP contribution in [0.4, 0.5) is 0 Å². The minimum atomic E-state index is -0.239. The van der Waals surface area contributed by atoms with Gasteiger partial charge in [0.1, 0.15) is 5.60 Å². The van der Waals surface area contributed by atoms with Gasteiger partial charge >= 0.3 is 5.97 Å². The van der Waals surface area contributed by atoms with E-state index in [1.165, 1.54) is 96.3 Å². The molecule has 0 aliphatic carbocycles. The lowest BCUT2D eigenvalue weighted by Gasteiger charge is -2.38. The van der Waals surface area contributed by atoms with Gasteiger partial charge in [-0.15, -0.1) is 0 Å². The average Bonchev–Trinajstić information content (AvgIpc) is 2.69. The molecule has 1 atom stereocenters. The van der Waals surface area contributed by atoms with Crippen molar-refractivity contribution in [1.82, 2.24) is 0 Å². The van der Waals surface area contributed by atoms with Crippen molar-refractivity contribution in [3.63, 3.8) is 0 Å². The van der Waals surface area contributed by atoms with Gasteiger partial charge in [0, 0.05) is 6.92 Å². The third-order valence-electron chi connectivity index (χ3n) is 6.69. The highest BCUT2D eigenvalue weighted by atomic mass is 16.6. The maximum atomic E-state index is 11.6. The van der Waals surface area contributed by atoms with Crippen molar-refractivity contribution in [3.8, 4) is 0 Å². The van der Waals surface area contributed by atoms with Crippen molar-refractivity contribution in [2.75, 3.05) is 0 Å². The Morgan fingerprint density at radius 3 is 1.39 bits per heavy atom. The molecule has 0 aliphatic heterocycles. The normalized spacial score (nSPS) is 12.9. The molecule has 0 heterocycles. The van der Waals surface area contributed by atoms with Gasteiger partial charge in [-0.05, 0) is 31.6 Å². The van der Waals surface area contributed by atoms with Gasteiger partial charge in [0.15, 0.2) is 0 Å². The van der Waals surface area contributed by atoms with Crippen LogP contribution in [0.25, 0.3) is 0 Å². The maximum Gasteiger partial charge on any atom is 0.303 e. The fourth-order valence-electron chi connectivity index (χ4n) is 4.77. The van der Waals surface area contributed by atoms with Crippen LogP contribution in [-0.2, 0) is 9.53 Å². The molecule has 0 radical (unpaired) electrons. The lowest BCUT2D eigenvalue weighted by atomic mass is 9.78. The minimum absolute atomic E-state index is 0.122. The van der Waals surface area contributed by atoms with Gasteiger partial charge < -0.3 is 4.74 Å². The first-order chi connectivity index (χ1) is 13.6. The number of ether oxygens (including phenoxy) is 1. The van der Waals surface area contributed by atoms with E-state index in [0.29, 0.717) is 5.92 Å². The number of rotatable bonds is 20. The van der Waals surface area contributed by atoms with Crippen molar-refractivity contribution < 1.29 is 9.53 Å². The summed E-state index contributed by atoms with van der Waals surface area (Å²) < 4.78 is 5.82. The molecule has 2 heteroatoms. The van der Waals surface area contributed by atoms with E-state index in [9.17, 15) is 4.79 Å². The van der Waals surface area contributed by atoms with Gasteiger partial charge in [-0.25, -0.2) is 0 Å². The van der Waals surface area contributed by atoms with E-state index >= 15 is 0 Å². The Morgan fingerprint density at radius 2 is 1.07 bits per heavy atom.